The standard InChI is InChI=1S/C21H27N5O/c1-4-26-20-14-19(11-10-18(20)15-22-26)23-21(27)25(13-12-24(2)3)16-17-8-6-5-7-9-17/h5-11,14-15H,4,12-13,16H2,1-3H3,(H,23,27). The number of fused-ring (bicyclic) bond motifs is 1. The summed E-state index contributed by atoms with van der Waals surface area (Å²) < 4.78 is 1.93. The molecule has 1 aromatic heterocycles. The maximum absolute atomic E-state index is 12.9. The van der Waals surface area contributed by atoms with Gasteiger partial charge in [0, 0.05) is 37.3 Å². The van der Waals surface area contributed by atoms with E-state index in [-0.39, 0.29) is 6.03 Å². The SMILES string of the molecule is CCn1ncc2ccc(NC(=O)N(CCN(C)C)Cc3ccccc3)cc21. The summed E-state index contributed by atoms with van der Waals surface area (Å²) in [5.41, 5.74) is 2.93. The van der Waals surface area contributed by atoms with Gasteiger partial charge in [0.15, 0.2) is 0 Å². The van der Waals surface area contributed by atoms with Gasteiger partial charge in [-0.3, -0.25) is 4.68 Å². The van der Waals surface area contributed by atoms with E-state index >= 15 is 0 Å². The fourth-order valence-corrected chi connectivity index (χ4v) is 2.98. The molecule has 27 heavy (non-hydrogen) atoms. The summed E-state index contributed by atoms with van der Waals surface area (Å²) in [5, 5.41) is 8.48. The minimum absolute atomic E-state index is 0.0948. The minimum atomic E-state index is -0.0948. The van der Waals surface area contributed by atoms with Crippen LogP contribution in [0.5, 0.6) is 0 Å². The third-order valence-electron chi connectivity index (χ3n) is 4.52. The van der Waals surface area contributed by atoms with Crippen LogP contribution in [-0.2, 0) is 13.1 Å². The number of urea groups is 1. The van der Waals surface area contributed by atoms with E-state index in [0.29, 0.717) is 13.1 Å². The molecule has 3 aromatic rings. The summed E-state index contributed by atoms with van der Waals surface area (Å²) in [4.78, 5) is 16.9. The number of nitrogens with zero attached hydrogens (tertiary/aromatic N) is 4. The predicted octanol–water partition coefficient (Wildman–Crippen LogP) is 3.65. The van der Waals surface area contributed by atoms with E-state index in [9.17, 15) is 4.79 Å². The van der Waals surface area contributed by atoms with Gasteiger partial charge in [0.1, 0.15) is 0 Å². The van der Waals surface area contributed by atoms with Gasteiger partial charge in [-0.15, -0.1) is 0 Å². The minimum Gasteiger partial charge on any atom is -0.319 e. The molecule has 1 heterocycles. The molecule has 1 N–H and O–H groups in total. The lowest BCUT2D eigenvalue weighted by atomic mass is 10.2. The van der Waals surface area contributed by atoms with Gasteiger partial charge in [0.25, 0.3) is 0 Å². The maximum Gasteiger partial charge on any atom is 0.322 e. The van der Waals surface area contributed by atoms with Crippen LogP contribution in [-0.4, -0.2) is 52.8 Å². The van der Waals surface area contributed by atoms with Gasteiger partial charge in [0.05, 0.1) is 11.7 Å². The third-order valence-corrected chi connectivity index (χ3v) is 4.52. The molecule has 0 saturated heterocycles. The predicted molar refractivity (Wildman–Crippen MR) is 110 cm³/mol. The Morgan fingerprint density at radius 2 is 1.89 bits per heavy atom. The quantitative estimate of drug-likeness (QED) is 0.695. The number of benzene rings is 2. The van der Waals surface area contributed by atoms with Crippen LogP contribution in [0, 0.1) is 0 Å². The van der Waals surface area contributed by atoms with Crippen molar-refractivity contribution in [2.75, 3.05) is 32.5 Å². The Morgan fingerprint density at radius 1 is 1.11 bits per heavy atom. The second kappa shape index (κ2) is 8.68. The Bertz CT molecular complexity index is 888. The Morgan fingerprint density at radius 3 is 2.59 bits per heavy atom. The summed E-state index contributed by atoms with van der Waals surface area (Å²) in [5.74, 6) is 0. The molecule has 0 aliphatic rings. The van der Waals surface area contributed by atoms with Crippen LogP contribution in [0.25, 0.3) is 10.9 Å². The number of hydrogen-bond donors (Lipinski definition) is 1. The van der Waals surface area contributed by atoms with Crippen LogP contribution in [0.1, 0.15) is 12.5 Å². The van der Waals surface area contributed by atoms with E-state index in [4.69, 9.17) is 0 Å². The first-order valence-corrected chi connectivity index (χ1v) is 9.27. The van der Waals surface area contributed by atoms with Crippen molar-refractivity contribution in [2.45, 2.75) is 20.0 Å². The maximum atomic E-state index is 12.9. The van der Waals surface area contributed by atoms with Crippen LogP contribution in [0.15, 0.2) is 54.7 Å². The molecular weight excluding hydrogens is 338 g/mol. The van der Waals surface area contributed by atoms with Crippen LogP contribution in [0.2, 0.25) is 0 Å². The summed E-state index contributed by atoms with van der Waals surface area (Å²) in [6.45, 7) is 4.89. The fraction of sp³-hybridized carbons (Fsp3) is 0.333. The van der Waals surface area contributed by atoms with Gasteiger partial charge in [-0.1, -0.05) is 30.3 Å². The topological polar surface area (TPSA) is 53.4 Å². The molecule has 0 atom stereocenters. The van der Waals surface area contributed by atoms with E-state index < -0.39 is 0 Å². The molecule has 3 rings (SSSR count). The molecule has 2 aromatic carbocycles. The number of rotatable bonds is 7. The van der Waals surface area contributed by atoms with Gasteiger partial charge in [-0.05, 0) is 44.8 Å². The molecule has 0 bridgehead atoms. The second-order valence-corrected chi connectivity index (χ2v) is 6.87. The number of carbonyl (C=O) groups excluding carboxylic acids is 1. The first-order valence-electron chi connectivity index (χ1n) is 9.27. The Kier molecular flexibility index (Phi) is 6.08. The Labute approximate surface area is 160 Å². The van der Waals surface area contributed by atoms with Crippen molar-refractivity contribution < 1.29 is 4.79 Å². The number of amides is 2. The van der Waals surface area contributed by atoms with Crippen LogP contribution in [0.4, 0.5) is 10.5 Å². The highest BCUT2D eigenvalue weighted by Crippen LogP contribution is 2.19. The molecule has 0 saturated carbocycles. The number of hydrogen-bond acceptors (Lipinski definition) is 3. The molecule has 0 spiro atoms. The lowest BCUT2D eigenvalue weighted by Gasteiger charge is -2.25. The van der Waals surface area contributed by atoms with Crippen LogP contribution in [0.3, 0.4) is 0 Å². The highest BCUT2D eigenvalue weighted by atomic mass is 16.2. The van der Waals surface area contributed by atoms with Crippen molar-refractivity contribution in [3.05, 3.63) is 60.3 Å². The molecule has 0 aliphatic heterocycles. The van der Waals surface area contributed by atoms with Crippen molar-refractivity contribution in [1.82, 2.24) is 19.6 Å². The molecule has 0 radical (unpaired) electrons. The molecule has 2 amide bonds. The number of carbonyl (C=O) groups is 1. The second-order valence-electron chi connectivity index (χ2n) is 6.87. The summed E-state index contributed by atoms with van der Waals surface area (Å²) in [7, 11) is 4.02. The van der Waals surface area contributed by atoms with Crippen molar-refractivity contribution in [3.8, 4) is 0 Å². The van der Waals surface area contributed by atoms with Gasteiger partial charge >= 0.3 is 6.03 Å². The fourth-order valence-electron chi connectivity index (χ4n) is 2.98. The van der Waals surface area contributed by atoms with E-state index in [0.717, 1.165) is 35.2 Å². The number of aryl methyl sites for hydroxylation is 1. The first kappa shape index (κ1) is 18.9. The van der Waals surface area contributed by atoms with Gasteiger partial charge in [-0.2, -0.15) is 5.10 Å². The zero-order valence-electron chi connectivity index (χ0n) is 16.2. The van der Waals surface area contributed by atoms with Crippen molar-refractivity contribution in [3.63, 3.8) is 0 Å². The van der Waals surface area contributed by atoms with Crippen molar-refractivity contribution >= 4 is 22.6 Å². The highest BCUT2D eigenvalue weighted by molar-refractivity contribution is 5.92. The average Bonchev–Trinajstić information content (AvgIpc) is 3.08. The van der Waals surface area contributed by atoms with Gasteiger partial charge in [0.2, 0.25) is 0 Å². The number of nitrogens with one attached hydrogen (secondary N) is 1. The van der Waals surface area contributed by atoms with Crippen molar-refractivity contribution in [2.24, 2.45) is 0 Å². The smallest absolute Gasteiger partial charge is 0.319 e. The third kappa shape index (κ3) is 4.86. The van der Waals surface area contributed by atoms with E-state index in [2.05, 4.69) is 22.2 Å². The van der Waals surface area contributed by atoms with Crippen LogP contribution < -0.4 is 5.32 Å². The average molecular weight is 365 g/mol. The zero-order chi connectivity index (χ0) is 19.2. The monoisotopic (exact) mass is 365 g/mol. The number of aromatic nitrogens is 2. The highest BCUT2D eigenvalue weighted by Gasteiger charge is 2.15. The molecule has 0 aliphatic carbocycles. The molecule has 0 unspecified atom stereocenters. The van der Waals surface area contributed by atoms with Crippen molar-refractivity contribution in [1.29, 1.82) is 0 Å². The van der Waals surface area contributed by atoms with Gasteiger partial charge in [-0.25, -0.2) is 4.79 Å². The van der Waals surface area contributed by atoms with E-state index in [1.165, 1.54) is 0 Å². The summed E-state index contributed by atoms with van der Waals surface area (Å²) >= 11 is 0. The van der Waals surface area contributed by atoms with E-state index in [1.54, 1.807) is 0 Å². The number of likely N-dealkylation sites (N-methyl/N-ethyl adjacent to an activating group) is 1. The largest absolute Gasteiger partial charge is 0.322 e. The number of anilines is 1. The molecule has 6 nitrogen and oxygen atoms in total. The van der Waals surface area contributed by atoms with E-state index in [1.807, 2.05) is 78.4 Å². The molecular formula is C21H27N5O. The lowest BCUT2D eigenvalue weighted by Crippen LogP contribution is -2.39. The molecule has 6 heteroatoms. The first-order chi connectivity index (χ1) is 13.1. The summed E-state index contributed by atoms with van der Waals surface area (Å²) in [6.07, 6.45) is 1.85. The normalized spacial score (nSPS) is 11.1. The Hall–Kier alpha value is -2.86. The lowest BCUT2D eigenvalue weighted by molar-refractivity contribution is 0.202. The molecule has 142 valence electrons. The summed E-state index contributed by atoms with van der Waals surface area (Å²) in [6, 6.07) is 15.9. The molecule has 0 fully saturated rings. The van der Waals surface area contributed by atoms with Crippen LogP contribution >= 0.6 is 0 Å². The zero-order valence-corrected chi connectivity index (χ0v) is 16.2. The Balaban J connectivity index is 1.76. The van der Waals surface area contributed by atoms with Gasteiger partial charge < -0.3 is 15.1 Å².